The summed E-state index contributed by atoms with van der Waals surface area (Å²) in [7, 11) is 0. The van der Waals surface area contributed by atoms with E-state index in [1.807, 2.05) is 24.3 Å². The predicted molar refractivity (Wildman–Crippen MR) is 81.0 cm³/mol. The number of benzene rings is 1. The van der Waals surface area contributed by atoms with Crippen molar-refractivity contribution in [2.75, 3.05) is 0 Å². The van der Waals surface area contributed by atoms with Crippen LogP contribution in [0.4, 0.5) is 0 Å². The third kappa shape index (κ3) is 2.82. The standard InChI is InChI=1S/C16H21N3O2/c1-4-11(5-2)15-14(16(20)21)17-18-19(15)13-10-8-7-9-12(13)6-3/h7-11H,4-6H2,1-3H3,(H,20,21). The summed E-state index contributed by atoms with van der Waals surface area (Å²) in [6, 6.07) is 7.92. The van der Waals surface area contributed by atoms with Crippen molar-refractivity contribution in [2.24, 2.45) is 0 Å². The molecule has 2 aromatic rings. The molecule has 0 saturated carbocycles. The Balaban J connectivity index is 2.66. The molecule has 0 radical (unpaired) electrons. The third-order valence-corrected chi connectivity index (χ3v) is 3.88. The topological polar surface area (TPSA) is 68.0 Å². The molecule has 0 bridgehead atoms. The van der Waals surface area contributed by atoms with Crippen LogP contribution in [0.25, 0.3) is 5.69 Å². The molecule has 1 aromatic heterocycles. The number of carbonyl (C=O) groups is 1. The molecule has 112 valence electrons. The number of carboxylic acid groups (broad SMARTS) is 1. The summed E-state index contributed by atoms with van der Waals surface area (Å²) < 4.78 is 1.71. The second-order valence-corrected chi connectivity index (χ2v) is 5.04. The van der Waals surface area contributed by atoms with Gasteiger partial charge in [-0.2, -0.15) is 0 Å². The van der Waals surface area contributed by atoms with Gasteiger partial charge < -0.3 is 5.11 Å². The fourth-order valence-corrected chi connectivity index (χ4v) is 2.68. The smallest absolute Gasteiger partial charge is 0.358 e. The molecule has 0 aliphatic rings. The van der Waals surface area contributed by atoms with Gasteiger partial charge in [0.25, 0.3) is 0 Å². The zero-order valence-electron chi connectivity index (χ0n) is 12.7. The Morgan fingerprint density at radius 3 is 2.48 bits per heavy atom. The maximum Gasteiger partial charge on any atom is 0.358 e. The van der Waals surface area contributed by atoms with E-state index in [1.165, 1.54) is 0 Å². The highest BCUT2D eigenvalue weighted by Crippen LogP contribution is 2.28. The van der Waals surface area contributed by atoms with Gasteiger partial charge in [0.15, 0.2) is 5.69 Å². The maximum absolute atomic E-state index is 11.4. The zero-order valence-corrected chi connectivity index (χ0v) is 12.7. The second kappa shape index (κ2) is 6.52. The average molecular weight is 287 g/mol. The lowest BCUT2D eigenvalue weighted by Crippen LogP contribution is -2.12. The van der Waals surface area contributed by atoms with Crippen LogP contribution in [0.1, 0.15) is 61.3 Å². The number of hydrogen-bond donors (Lipinski definition) is 1. The van der Waals surface area contributed by atoms with E-state index in [0.717, 1.165) is 30.5 Å². The van der Waals surface area contributed by atoms with E-state index in [9.17, 15) is 9.90 Å². The first-order valence-corrected chi connectivity index (χ1v) is 7.41. The van der Waals surface area contributed by atoms with Gasteiger partial charge in [-0.3, -0.25) is 0 Å². The van der Waals surface area contributed by atoms with E-state index in [-0.39, 0.29) is 11.6 Å². The van der Waals surface area contributed by atoms with Crippen LogP contribution < -0.4 is 0 Å². The minimum Gasteiger partial charge on any atom is -0.476 e. The van der Waals surface area contributed by atoms with Crippen LogP contribution in [0, 0.1) is 0 Å². The van der Waals surface area contributed by atoms with Crippen LogP contribution in [0.15, 0.2) is 24.3 Å². The van der Waals surface area contributed by atoms with Gasteiger partial charge in [0.1, 0.15) is 0 Å². The van der Waals surface area contributed by atoms with Gasteiger partial charge in [-0.15, -0.1) is 5.10 Å². The Hall–Kier alpha value is -2.17. The molecule has 5 heteroatoms. The van der Waals surface area contributed by atoms with Crippen LogP contribution in [0.2, 0.25) is 0 Å². The van der Waals surface area contributed by atoms with E-state index < -0.39 is 5.97 Å². The highest BCUT2D eigenvalue weighted by molar-refractivity contribution is 5.86. The molecule has 0 aliphatic carbocycles. The fraction of sp³-hybridized carbons (Fsp3) is 0.438. The van der Waals surface area contributed by atoms with Crippen molar-refractivity contribution < 1.29 is 9.90 Å². The zero-order chi connectivity index (χ0) is 15.4. The van der Waals surface area contributed by atoms with Crippen molar-refractivity contribution in [1.29, 1.82) is 0 Å². The molecule has 0 aliphatic heterocycles. The van der Waals surface area contributed by atoms with Gasteiger partial charge in [0, 0.05) is 5.92 Å². The van der Waals surface area contributed by atoms with Gasteiger partial charge in [-0.05, 0) is 30.9 Å². The number of rotatable bonds is 6. The summed E-state index contributed by atoms with van der Waals surface area (Å²) >= 11 is 0. The molecular formula is C16H21N3O2. The predicted octanol–water partition coefficient (Wildman–Crippen LogP) is 3.43. The van der Waals surface area contributed by atoms with Crippen LogP contribution in [0.5, 0.6) is 0 Å². The highest BCUT2D eigenvalue weighted by Gasteiger charge is 2.25. The van der Waals surface area contributed by atoms with Gasteiger partial charge in [-0.25, -0.2) is 9.48 Å². The monoisotopic (exact) mass is 287 g/mol. The van der Waals surface area contributed by atoms with Crippen molar-refractivity contribution in [3.8, 4) is 5.69 Å². The first-order chi connectivity index (χ1) is 10.1. The Bertz CT molecular complexity index is 630. The number of aromatic nitrogens is 3. The van der Waals surface area contributed by atoms with Crippen molar-refractivity contribution in [3.05, 3.63) is 41.2 Å². The molecule has 0 unspecified atom stereocenters. The Labute approximate surface area is 124 Å². The van der Waals surface area contributed by atoms with E-state index in [0.29, 0.717) is 5.69 Å². The average Bonchev–Trinajstić information content (AvgIpc) is 2.93. The van der Waals surface area contributed by atoms with Gasteiger partial charge in [0.05, 0.1) is 11.4 Å². The van der Waals surface area contributed by atoms with Crippen LogP contribution in [-0.4, -0.2) is 26.1 Å². The van der Waals surface area contributed by atoms with Crippen molar-refractivity contribution in [1.82, 2.24) is 15.0 Å². The maximum atomic E-state index is 11.4. The number of carboxylic acids is 1. The minimum atomic E-state index is -1.02. The highest BCUT2D eigenvalue weighted by atomic mass is 16.4. The Morgan fingerprint density at radius 2 is 1.90 bits per heavy atom. The summed E-state index contributed by atoms with van der Waals surface area (Å²) in [5.41, 5.74) is 2.82. The third-order valence-electron chi connectivity index (χ3n) is 3.88. The molecule has 1 N–H and O–H groups in total. The van der Waals surface area contributed by atoms with Gasteiger partial charge >= 0.3 is 5.97 Å². The molecule has 21 heavy (non-hydrogen) atoms. The fourth-order valence-electron chi connectivity index (χ4n) is 2.68. The van der Waals surface area contributed by atoms with Crippen molar-refractivity contribution in [3.63, 3.8) is 0 Å². The molecule has 0 fully saturated rings. The summed E-state index contributed by atoms with van der Waals surface area (Å²) in [5, 5.41) is 17.4. The number of aryl methyl sites for hydroxylation is 1. The lowest BCUT2D eigenvalue weighted by atomic mass is 9.97. The number of aromatic carboxylic acids is 1. The van der Waals surface area contributed by atoms with Crippen LogP contribution in [-0.2, 0) is 6.42 Å². The molecular weight excluding hydrogens is 266 g/mol. The summed E-state index contributed by atoms with van der Waals surface area (Å²) in [5.74, 6) is -0.881. The van der Waals surface area contributed by atoms with E-state index in [1.54, 1.807) is 4.68 Å². The number of hydrogen-bond acceptors (Lipinski definition) is 3. The molecule has 0 saturated heterocycles. The van der Waals surface area contributed by atoms with E-state index in [4.69, 9.17) is 0 Å². The Morgan fingerprint density at radius 1 is 1.24 bits per heavy atom. The largest absolute Gasteiger partial charge is 0.476 e. The first-order valence-electron chi connectivity index (χ1n) is 7.41. The number of para-hydroxylation sites is 1. The number of nitrogens with zero attached hydrogens (tertiary/aromatic N) is 3. The molecule has 0 amide bonds. The molecule has 0 spiro atoms. The first kappa shape index (κ1) is 15.2. The normalized spacial score (nSPS) is 11.0. The lowest BCUT2D eigenvalue weighted by Gasteiger charge is -2.16. The quantitative estimate of drug-likeness (QED) is 0.883. The second-order valence-electron chi connectivity index (χ2n) is 5.04. The summed E-state index contributed by atoms with van der Waals surface area (Å²) in [4.78, 5) is 11.4. The molecule has 0 atom stereocenters. The Kier molecular flexibility index (Phi) is 4.73. The minimum absolute atomic E-state index is 0.0645. The SMILES string of the molecule is CCc1ccccc1-n1nnc(C(=O)O)c1C(CC)CC. The van der Waals surface area contributed by atoms with Gasteiger partial charge in [-0.1, -0.05) is 44.2 Å². The summed E-state index contributed by atoms with van der Waals surface area (Å²) in [6.07, 6.45) is 2.58. The molecule has 5 nitrogen and oxygen atoms in total. The van der Waals surface area contributed by atoms with Crippen molar-refractivity contribution in [2.45, 2.75) is 46.0 Å². The van der Waals surface area contributed by atoms with Gasteiger partial charge in [0.2, 0.25) is 0 Å². The van der Waals surface area contributed by atoms with Crippen LogP contribution >= 0.6 is 0 Å². The van der Waals surface area contributed by atoms with E-state index in [2.05, 4.69) is 31.1 Å². The molecule has 1 heterocycles. The molecule has 2 rings (SSSR count). The van der Waals surface area contributed by atoms with E-state index >= 15 is 0 Å². The van der Waals surface area contributed by atoms with Crippen LogP contribution in [0.3, 0.4) is 0 Å². The lowest BCUT2D eigenvalue weighted by molar-refractivity contribution is 0.0688. The summed E-state index contributed by atoms with van der Waals surface area (Å²) in [6.45, 7) is 6.19. The van der Waals surface area contributed by atoms with Crippen molar-refractivity contribution >= 4 is 5.97 Å². The molecule has 1 aromatic carbocycles.